The molecule has 0 atom stereocenters. The maximum absolute atomic E-state index is 12.7. The summed E-state index contributed by atoms with van der Waals surface area (Å²) in [5.41, 5.74) is 2.57. The van der Waals surface area contributed by atoms with E-state index in [4.69, 9.17) is 11.6 Å². The number of amides is 2. The highest BCUT2D eigenvalue weighted by molar-refractivity contribution is 6.31. The monoisotopic (exact) mass is 372 g/mol. The molecule has 138 valence electrons. The van der Waals surface area contributed by atoms with Gasteiger partial charge in [0.15, 0.2) is 0 Å². The molecule has 0 saturated heterocycles. The van der Waals surface area contributed by atoms with E-state index in [2.05, 4.69) is 5.32 Å². The highest BCUT2D eigenvalue weighted by Gasteiger charge is 2.16. The van der Waals surface area contributed by atoms with E-state index in [-0.39, 0.29) is 11.8 Å². The molecule has 2 rings (SSSR count). The summed E-state index contributed by atoms with van der Waals surface area (Å²) in [6, 6.07) is 12.2. The molecule has 5 heteroatoms. The number of hydrogen-bond donors (Lipinski definition) is 1. The van der Waals surface area contributed by atoms with Crippen LogP contribution in [0.1, 0.15) is 53.0 Å². The summed E-state index contributed by atoms with van der Waals surface area (Å²) in [7, 11) is 0. The van der Waals surface area contributed by atoms with Gasteiger partial charge in [-0.3, -0.25) is 9.59 Å². The fourth-order valence-electron chi connectivity index (χ4n) is 2.75. The first-order chi connectivity index (χ1) is 12.5. The molecule has 4 nitrogen and oxygen atoms in total. The van der Waals surface area contributed by atoms with Gasteiger partial charge in [0.2, 0.25) is 0 Å². The van der Waals surface area contributed by atoms with Crippen molar-refractivity contribution >= 4 is 29.1 Å². The standard InChI is InChI=1S/C21H25ClN2O2/c1-4-11-24(12-5-2)21(26)17-8-6-7-16(13-17)20(25)23-19-14-18(22)10-9-15(19)3/h6-10,13-14H,4-5,11-12H2,1-3H3,(H,23,25). The van der Waals surface area contributed by atoms with Crippen LogP contribution < -0.4 is 5.32 Å². The van der Waals surface area contributed by atoms with Crippen LogP contribution in [0.2, 0.25) is 5.02 Å². The first-order valence-corrected chi connectivity index (χ1v) is 9.30. The van der Waals surface area contributed by atoms with E-state index < -0.39 is 0 Å². The number of rotatable bonds is 7. The number of halogens is 1. The van der Waals surface area contributed by atoms with Gasteiger partial charge in [-0.1, -0.05) is 37.6 Å². The van der Waals surface area contributed by atoms with E-state index in [0.29, 0.717) is 34.9 Å². The Kier molecular flexibility index (Phi) is 7.22. The zero-order valence-electron chi connectivity index (χ0n) is 15.5. The van der Waals surface area contributed by atoms with Crippen LogP contribution in [-0.4, -0.2) is 29.8 Å². The fraction of sp³-hybridized carbons (Fsp3) is 0.333. The SMILES string of the molecule is CCCN(CCC)C(=O)c1cccc(C(=O)Nc2cc(Cl)ccc2C)c1. The second kappa shape index (κ2) is 9.39. The topological polar surface area (TPSA) is 49.4 Å². The van der Waals surface area contributed by atoms with E-state index in [1.54, 1.807) is 36.4 Å². The van der Waals surface area contributed by atoms with Crippen LogP contribution in [0.3, 0.4) is 0 Å². The van der Waals surface area contributed by atoms with Gasteiger partial charge >= 0.3 is 0 Å². The van der Waals surface area contributed by atoms with E-state index in [1.165, 1.54) is 0 Å². The van der Waals surface area contributed by atoms with Gasteiger partial charge in [-0.2, -0.15) is 0 Å². The quantitative estimate of drug-likeness (QED) is 0.729. The third kappa shape index (κ3) is 5.09. The molecule has 0 bridgehead atoms. The molecule has 2 amide bonds. The van der Waals surface area contributed by atoms with Crippen LogP contribution in [0.5, 0.6) is 0 Å². The average Bonchev–Trinajstić information content (AvgIpc) is 2.64. The zero-order valence-corrected chi connectivity index (χ0v) is 16.3. The largest absolute Gasteiger partial charge is 0.339 e. The molecular weight excluding hydrogens is 348 g/mol. The minimum Gasteiger partial charge on any atom is -0.339 e. The lowest BCUT2D eigenvalue weighted by Crippen LogP contribution is -2.32. The van der Waals surface area contributed by atoms with Gasteiger partial charge < -0.3 is 10.2 Å². The Hall–Kier alpha value is -2.33. The van der Waals surface area contributed by atoms with Crippen molar-refractivity contribution < 1.29 is 9.59 Å². The molecule has 0 aliphatic heterocycles. The Morgan fingerprint density at radius 3 is 2.31 bits per heavy atom. The molecular formula is C21H25ClN2O2. The van der Waals surface area contributed by atoms with E-state index >= 15 is 0 Å². The maximum atomic E-state index is 12.7. The molecule has 1 N–H and O–H groups in total. The lowest BCUT2D eigenvalue weighted by atomic mass is 10.1. The van der Waals surface area contributed by atoms with Gasteiger partial charge in [0.25, 0.3) is 11.8 Å². The van der Waals surface area contributed by atoms with Gasteiger partial charge in [0.05, 0.1) is 0 Å². The van der Waals surface area contributed by atoms with Crippen molar-refractivity contribution in [1.29, 1.82) is 0 Å². The molecule has 0 spiro atoms. The molecule has 0 unspecified atom stereocenters. The van der Waals surface area contributed by atoms with E-state index in [0.717, 1.165) is 18.4 Å². The van der Waals surface area contributed by atoms with E-state index in [1.807, 2.05) is 31.7 Å². The van der Waals surface area contributed by atoms with Gasteiger partial charge in [-0.15, -0.1) is 0 Å². The van der Waals surface area contributed by atoms with Gasteiger partial charge in [0.1, 0.15) is 0 Å². The number of carbonyl (C=O) groups is 2. The van der Waals surface area contributed by atoms with Gasteiger partial charge in [-0.25, -0.2) is 0 Å². The molecule has 0 saturated carbocycles. The Morgan fingerprint density at radius 2 is 1.65 bits per heavy atom. The summed E-state index contributed by atoms with van der Waals surface area (Å²) in [6.45, 7) is 7.43. The second-order valence-electron chi connectivity index (χ2n) is 6.29. The van der Waals surface area contributed by atoms with Crippen molar-refractivity contribution in [3.05, 3.63) is 64.2 Å². The molecule has 0 aliphatic rings. The number of anilines is 1. The molecule has 0 aromatic heterocycles. The van der Waals surface area contributed by atoms with E-state index in [9.17, 15) is 9.59 Å². The molecule has 0 radical (unpaired) electrons. The van der Waals surface area contributed by atoms with Crippen molar-refractivity contribution in [3.8, 4) is 0 Å². The van der Waals surface area contributed by atoms with Crippen molar-refractivity contribution in [1.82, 2.24) is 4.90 Å². The van der Waals surface area contributed by atoms with Crippen LogP contribution in [-0.2, 0) is 0 Å². The second-order valence-corrected chi connectivity index (χ2v) is 6.72. The Morgan fingerprint density at radius 1 is 1.00 bits per heavy atom. The number of nitrogens with one attached hydrogen (secondary N) is 1. The van der Waals surface area contributed by atoms with Crippen molar-refractivity contribution in [2.45, 2.75) is 33.6 Å². The van der Waals surface area contributed by atoms with Crippen LogP contribution in [0.15, 0.2) is 42.5 Å². The van der Waals surface area contributed by atoms with Crippen molar-refractivity contribution in [2.75, 3.05) is 18.4 Å². The van der Waals surface area contributed by atoms with Crippen LogP contribution in [0.25, 0.3) is 0 Å². The highest BCUT2D eigenvalue weighted by Crippen LogP contribution is 2.21. The summed E-state index contributed by atoms with van der Waals surface area (Å²) >= 11 is 6.01. The summed E-state index contributed by atoms with van der Waals surface area (Å²) in [5.74, 6) is -0.301. The molecule has 0 fully saturated rings. The Balaban J connectivity index is 2.21. The summed E-state index contributed by atoms with van der Waals surface area (Å²) in [5, 5.41) is 3.42. The molecule has 0 heterocycles. The van der Waals surface area contributed by atoms with Crippen LogP contribution >= 0.6 is 11.6 Å². The molecule has 2 aromatic rings. The van der Waals surface area contributed by atoms with Crippen LogP contribution in [0, 0.1) is 6.92 Å². The van der Waals surface area contributed by atoms with Gasteiger partial charge in [-0.05, 0) is 55.7 Å². The predicted octanol–water partition coefficient (Wildman–Crippen LogP) is 5.16. The summed E-state index contributed by atoms with van der Waals surface area (Å²) in [6.07, 6.45) is 1.81. The number of benzene rings is 2. The molecule has 2 aromatic carbocycles. The third-order valence-electron chi connectivity index (χ3n) is 4.09. The lowest BCUT2D eigenvalue weighted by molar-refractivity contribution is 0.0755. The number of hydrogen-bond acceptors (Lipinski definition) is 2. The number of aryl methyl sites for hydroxylation is 1. The minimum absolute atomic E-state index is 0.0395. The van der Waals surface area contributed by atoms with Crippen molar-refractivity contribution in [3.63, 3.8) is 0 Å². The minimum atomic E-state index is -0.262. The van der Waals surface area contributed by atoms with Crippen molar-refractivity contribution in [2.24, 2.45) is 0 Å². The summed E-state index contributed by atoms with van der Waals surface area (Å²) < 4.78 is 0. The maximum Gasteiger partial charge on any atom is 0.255 e. The summed E-state index contributed by atoms with van der Waals surface area (Å²) in [4.78, 5) is 27.2. The number of nitrogens with zero attached hydrogens (tertiary/aromatic N) is 1. The first-order valence-electron chi connectivity index (χ1n) is 8.93. The fourth-order valence-corrected chi connectivity index (χ4v) is 2.93. The lowest BCUT2D eigenvalue weighted by Gasteiger charge is -2.21. The van der Waals surface area contributed by atoms with Crippen LogP contribution in [0.4, 0.5) is 5.69 Å². The molecule has 0 aliphatic carbocycles. The number of carbonyl (C=O) groups excluding carboxylic acids is 2. The first kappa shape index (κ1) is 20.0. The third-order valence-corrected chi connectivity index (χ3v) is 4.33. The van der Waals surface area contributed by atoms with Gasteiger partial charge in [0, 0.05) is 34.9 Å². The smallest absolute Gasteiger partial charge is 0.255 e. The average molecular weight is 373 g/mol. The predicted molar refractivity (Wildman–Crippen MR) is 107 cm³/mol. The Labute approximate surface area is 160 Å². The zero-order chi connectivity index (χ0) is 19.1. The molecule has 26 heavy (non-hydrogen) atoms. The normalized spacial score (nSPS) is 10.5. The Bertz CT molecular complexity index is 783. The highest BCUT2D eigenvalue weighted by atomic mass is 35.5.